The van der Waals surface area contributed by atoms with Crippen LogP contribution in [0.15, 0.2) is 61.1 Å². The molecule has 7 nitrogen and oxygen atoms in total. The van der Waals surface area contributed by atoms with Crippen LogP contribution in [0.25, 0.3) is 0 Å². The van der Waals surface area contributed by atoms with Gasteiger partial charge in [0, 0.05) is 49.2 Å². The van der Waals surface area contributed by atoms with Crippen molar-refractivity contribution in [1.82, 2.24) is 15.0 Å². The van der Waals surface area contributed by atoms with Gasteiger partial charge in [0.1, 0.15) is 5.82 Å². The molecule has 3 heterocycles. The minimum absolute atomic E-state index is 0.214. The molecule has 0 spiro atoms. The maximum Gasteiger partial charge on any atom is 0.256 e. The number of anilines is 3. The third-order valence-electron chi connectivity index (χ3n) is 4.58. The Labute approximate surface area is 168 Å². The average molecular weight is 395 g/mol. The molecule has 3 aromatic rings. The Morgan fingerprint density at radius 3 is 2.21 bits per heavy atom. The van der Waals surface area contributed by atoms with E-state index < -0.39 is 0 Å². The SMILES string of the molecule is O=C(Nc1ccc(N2CCN(c3ncccn3)CC2)cn1)c1ccc(Cl)cc1. The first-order chi connectivity index (χ1) is 13.7. The van der Waals surface area contributed by atoms with E-state index in [0.717, 1.165) is 37.8 Å². The number of benzene rings is 1. The molecule has 0 aliphatic carbocycles. The van der Waals surface area contributed by atoms with Crippen LogP contribution in [-0.4, -0.2) is 47.0 Å². The minimum Gasteiger partial charge on any atom is -0.367 e. The molecule has 1 aromatic carbocycles. The Hall–Kier alpha value is -3.19. The zero-order chi connectivity index (χ0) is 19.3. The molecule has 142 valence electrons. The van der Waals surface area contributed by atoms with Gasteiger partial charge in [0.25, 0.3) is 5.91 Å². The summed E-state index contributed by atoms with van der Waals surface area (Å²) in [6, 6.07) is 12.3. The zero-order valence-corrected chi connectivity index (χ0v) is 15.9. The van der Waals surface area contributed by atoms with Crippen LogP contribution < -0.4 is 15.1 Å². The molecule has 1 saturated heterocycles. The number of aromatic nitrogens is 3. The lowest BCUT2D eigenvalue weighted by Gasteiger charge is -2.35. The number of nitrogens with one attached hydrogen (secondary N) is 1. The molecule has 0 atom stereocenters. The van der Waals surface area contributed by atoms with Crippen LogP contribution in [0.5, 0.6) is 0 Å². The van der Waals surface area contributed by atoms with Crippen molar-refractivity contribution in [2.45, 2.75) is 0 Å². The molecule has 1 fully saturated rings. The highest BCUT2D eigenvalue weighted by Crippen LogP contribution is 2.19. The molecule has 0 unspecified atom stereocenters. The van der Waals surface area contributed by atoms with Crippen LogP contribution in [0.1, 0.15) is 10.4 Å². The Balaban J connectivity index is 1.35. The van der Waals surface area contributed by atoms with Crippen molar-refractivity contribution in [3.8, 4) is 0 Å². The van der Waals surface area contributed by atoms with E-state index in [9.17, 15) is 4.79 Å². The van der Waals surface area contributed by atoms with Crippen LogP contribution in [0, 0.1) is 0 Å². The van der Waals surface area contributed by atoms with E-state index in [1.807, 2.05) is 18.2 Å². The number of carbonyl (C=O) groups excluding carboxylic acids is 1. The Morgan fingerprint density at radius 2 is 1.57 bits per heavy atom. The fourth-order valence-electron chi connectivity index (χ4n) is 3.06. The van der Waals surface area contributed by atoms with E-state index in [4.69, 9.17) is 11.6 Å². The molecule has 28 heavy (non-hydrogen) atoms. The normalized spacial score (nSPS) is 14.0. The number of rotatable bonds is 4. The summed E-state index contributed by atoms with van der Waals surface area (Å²) < 4.78 is 0. The van der Waals surface area contributed by atoms with E-state index in [0.29, 0.717) is 16.4 Å². The van der Waals surface area contributed by atoms with Gasteiger partial charge in [0.05, 0.1) is 11.9 Å². The summed E-state index contributed by atoms with van der Waals surface area (Å²) in [4.78, 5) is 29.7. The summed E-state index contributed by atoms with van der Waals surface area (Å²) in [5.41, 5.74) is 1.56. The predicted octanol–water partition coefficient (Wildman–Crippen LogP) is 3.10. The van der Waals surface area contributed by atoms with Gasteiger partial charge in [-0.1, -0.05) is 11.6 Å². The number of nitrogens with zero attached hydrogens (tertiary/aromatic N) is 5. The van der Waals surface area contributed by atoms with Crippen molar-refractivity contribution < 1.29 is 4.79 Å². The number of piperazine rings is 1. The molecule has 1 aliphatic rings. The van der Waals surface area contributed by atoms with Crippen LogP contribution in [0.2, 0.25) is 5.02 Å². The lowest BCUT2D eigenvalue weighted by molar-refractivity contribution is 0.102. The fraction of sp³-hybridized carbons (Fsp3) is 0.200. The molecule has 0 radical (unpaired) electrons. The van der Waals surface area contributed by atoms with Gasteiger partial charge in [-0.15, -0.1) is 0 Å². The van der Waals surface area contributed by atoms with Gasteiger partial charge in [0.2, 0.25) is 5.95 Å². The van der Waals surface area contributed by atoms with E-state index in [-0.39, 0.29) is 5.91 Å². The Morgan fingerprint density at radius 1 is 0.893 bits per heavy atom. The number of carbonyl (C=O) groups is 1. The van der Waals surface area contributed by atoms with E-state index in [1.165, 1.54) is 0 Å². The second-order valence-corrected chi connectivity index (χ2v) is 6.82. The first kappa shape index (κ1) is 18.2. The van der Waals surface area contributed by atoms with Gasteiger partial charge in [0.15, 0.2) is 0 Å². The molecule has 1 aliphatic heterocycles. The summed E-state index contributed by atoms with van der Waals surface area (Å²) in [5.74, 6) is 1.06. The van der Waals surface area contributed by atoms with Crippen molar-refractivity contribution in [2.24, 2.45) is 0 Å². The molecule has 0 saturated carbocycles. The smallest absolute Gasteiger partial charge is 0.256 e. The third kappa shape index (κ3) is 4.20. The molecule has 1 N–H and O–H groups in total. The molecule has 1 amide bonds. The summed E-state index contributed by atoms with van der Waals surface area (Å²) in [6.45, 7) is 3.41. The van der Waals surface area contributed by atoms with Gasteiger partial charge in [-0.05, 0) is 42.5 Å². The summed E-state index contributed by atoms with van der Waals surface area (Å²) >= 11 is 5.85. The highest BCUT2D eigenvalue weighted by Gasteiger charge is 2.19. The fourth-order valence-corrected chi connectivity index (χ4v) is 3.18. The van der Waals surface area contributed by atoms with Crippen LogP contribution in [0.3, 0.4) is 0 Å². The van der Waals surface area contributed by atoms with Gasteiger partial charge in [-0.2, -0.15) is 0 Å². The summed E-state index contributed by atoms with van der Waals surface area (Å²) in [6.07, 6.45) is 5.30. The topological polar surface area (TPSA) is 74.2 Å². The third-order valence-corrected chi connectivity index (χ3v) is 4.83. The second-order valence-electron chi connectivity index (χ2n) is 6.39. The number of hydrogen-bond acceptors (Lipinski definition) is 6. The number of hydrogen-bond donors (Lipinski definition) is 1. The molecule has 2 aromatic heterocycles. The van der Waals surface area contributed by atoms with Crippen LogP contribution in [-0.2, 0) is 0 Å². The predicted molar refractivity (Wildman–Crippen MR) is 110 cm³/mol. The van der Waals surface area contributed by atoms with Gasteiger partial charge < -0.3 is 15.1 Å². The monoisotopic (exact) mass is 394 g/mol. The lowest BCUT2D eigenvalue weighted by atomic mass is 10.2. The zero-order valence-electron chi connectivity index (χ0n) is 15.1. The van der Waals surface area contributed by atoms with E-state index in [2.05, 4.69) is 30.1 Å². The number of amides is 1. The standard InChI is InChI=1S/C20H19ClN6O/c21-16-4-2-15(3-5-16)19(28)25-18-7-6-17(14-24-18)26-10-12-27(13-11-26)20-22-8-1-9-23-20/h1-9,14H,10-13H2,(H,24,25,28). The Bertz CT molecular complexity index is 925. The van der Waals surface area contributed by atoms with Gasteiger partial charge in [-0.25, -0.2) is 15.0 Å². The van der Waals surface area contributed by atoms with Gasteiger partial charge in [-0.3, -0.25) is 4.79 Å². The van der Waals surface area contributed by atoms with Crippen molar-refractivity contribution in [3.63, 3.8) is 0 Å². The first-order valence-corrected chi connectivity index (χ1v) is 9.37. The van der Waals surface area contributed by atoms with Crippen molar-refractivity contribution in [2.75, 3.05) is 41.3 Å². The molecular formula is C20H19ClN6O. The summed E-state index contributed by atoms with van der Waals surface area (Å²) in [7, 11) is 0. The lowest BCUT2D eigenvalue weighted by Crippen LogP contribution is -2.47. The Kier molecular flexibility index (Phi) is 5.34. The van der Waals surface area contributed by atoms with Crippen molar-refractivity contribution in [3.05, 3.63) is 71.6 Å². The molecule has 0 bridgehead atoms. The molecule has 8 heteroatoms. The van der Waals surface area contributed by atoms with E-state index in [1.54, 1.807) is 42.9 Å². The molecule has 4 rings (SSSR count). The van der Waals surface area contributed by atoms with Crippen molar-refractivity contribution >= 4 is 35.0 Å². The number of pyridine rings is 1. The number of halogens is 1. The van der Waals surface area contributed by atoms with Crippen molar-refractivity contribution in [1.29, 1.82) is 0 Å². The maximum atomic E-state index is 12.3. The maximum absolute atomic E-state index is 12.3. The average Bonchev–Trinajstić information content (AvgIpc) is 2.75. The molecular weight excluding hydrogens is 376 g/mol. The van der Waals surface area contributed by atoms with E-state index >= 15 is 0 Å². The largest absolute Gasteiger partial charge is 0.367 e. The minimum atomic E-state index is -0.214. The van der Waals surface area contributed by atoms with Gasteiger partial charge >= 0.3 is 0 Å². The highest BCUT2D eigenvalue weighted by atomic mass is 35.5. The van der Waals surface area contributed by atoms with Crippen LogP contribution >= 0.6 is 11.6 Å². The first-order valence-electron chi connectivity index (χ1n) is 8.99. The quantitative estimate of drug-likeness (QED) is 0.733. The van der Waals surface area contributed by atoms with Crippen LogP contribution in [0.4, 0.5) is 17.5 Å². The second kappa shape index (κ2) is 8.22. The highest BCUT2D eigenvalue weighted by molar-refractivity contribution is 6.30. The summed E-state index contributed by atoms with van der Waals surface area (Å²) in [5, 5.41) is 3.40.